The van der Waals surface area contributed by atoms with Crippen LogP contribution in [0.2, 0.25) is 0 Å². The van der Waals surface area contributed by atoms with Crippen molar-refractivity contribution in [1.82, 2.24) is 15.3 Å². The molecular formula is C11H17N3O2. The van der Waals surface area contributed by atoms with Crippen LogP contribution in [0.1, 0.15) is 29.5 Å². The zero-order chi connectivity index (χ0) is 11.8. The molecule has 1 heterocycles. The number of carbonyl (C=O) groups is 1. The maximum absolute atomic E-state index is 11.5. The van der Waals surface area contributed by atoms with Crippen LogP contribution in [0.5, 0.6) is 0 Å². The van der Waals surface area contributed by atoms with E-state index in [2.05, 4.69) is 15.3 Å². The average molecular weight is 223 g/mol. The number of nitrogens with one attached hydrogen (secondary N) is 1. The van der Waals surface area contributed by atoms with Crippen LogP contribution in [-0.4, -0.2) is 35.6 Å². The van der Waals surface area contributed by atoms with Crippen LogP contribution in [0, 0.1) is 6.92 Å². The Morgan fingerprint density at radius 2 is 2.25 bits per heavy atom. The van der Waals surface area contributed by atoms with Crippen molar-refractivity contribution < 1.29 is 9.53 Å². The number of aryl methyl sites for hydroxylation is 1. The minimum absolute atomic E-state index is 0.191. The highest BCUT2D eigenvalue weighted by Crippen LogP contribution is 1.93. The van der Waals surface area contributed by atoms with E-state index < -0.39 is 0 Å². The van der Waals surface area contributed by atoms with Crippen LogP contribution < -0.4 is 5.32 Å². The molecule has 1 N–H and O–H groups in total. The average Bonchev–Trinajstić information content (AvgIpc) is 2.29. The third kappa shape index (κ3) is 4.35. The van der Waals surface area contributed by atoms with Crippen molar-refractivity contribution in [2.24, 2.45) is 0 Å². The standard InChI is InChI=1S/C11H17N3O2/c1-3-16-6-4-5-12-11(15)10-8-13-9(2)7-14-10/h7-8H,3-6H2,1-2H3,(H,12,15). The molecule has 0 aliphatic heterocycles. The highest BCUT2D eigenvalue weighted by molar-refractivity contribution is 5.91. The van der Waals surface area contributed by atoms with Crippen LogP contribution in [0.15, 0.2) is 12.4 Å². The Balaban J connectivity index is 2.27. The first kappa shape index (κ1) is 12.6. The van der Waals surface area contributed by atoms with Crippen LogP contribution in [-0.2, 0) is 4.74 Å². The lowest BCUT2D eigenvalue weighted by Crippen LogP contribution is -2.26. The monoisotopic (exact) mass is 223 g/mol. The van der Waals surface area contributed by atoms with Gasteiger partial charge in [0.2, 0.25) is 0 Å². The van der Waals surface area contributed by atoms with Gasteiger partial charge in [-0.25, -0.2) is 4.98 Å². The molecule has 0 fully saturated rings. The number of ether oxygens (including phenoxy) is 1. The maximum atomic E-state index is 11.5. The lowest BCUT2D eigenvalue weighted by atomic mass is 10.3. The van der Waals surface area contributed by atoms with Crippen molar-refractivity contribution in [1.29, 1.82) is 0 Å². The molecule has 0 saturated carbocycles. The summed E-state index contributed by atoms with van der Waals surface area (Å²) in [6.07, 6.45) is 3.86. The summed E-state index contributed by atoms with van der Waals surface area (Å²) in [6, 6.07) is 0. The third-order valence-corrected chi connectivity index (χ3v) is 1.97. The van der Waals surface area contributed by atoms with E-state index >= 15 is 0 Å². The molecule has 16 heavy (non-hydrogen) atoms. The SMILES string of the molecule is CCOCCCNC(=O)c1cnc(C)cn1. The normalized spacial score (nSPS) is 10.1. The molecule has 0 radical (unpaired) electrons. The molecule has 1 aromatic rings. The zero-order valence-corrected chi connectivity index (χ0v) is 9.69. The second kappa shape index (κ2) is 6.90. The summed E-state index contributed by atoms with van der Waals surface area (Å²) < 4.78 is 5.16. The van der Waals surface area contributed by atoms with Gasteiger partial charge in [0.05, 0.1) is 11.9 Å². The Labute approximate surface area is 95.3 Å². The van der Waals surface area contributed by atoms with E-state index in [0.29, 0.717) is 25.5 Å². The van der Waals surface area contributed by atoms with Crippen molar-refractivity contribution in [3.8, 4) is 0 Å². The van der Waals surface area contributed by atoms with E-state index in [-0.39, 0.29) is 5.91 Å². The quantitative estimate of drug-likeness (QED) is 0.729. The predicted octanol–water partition coefficient (Wildman–Crippen LogP) is 0.941. The largest absolute Gasteiger partial charge is 0.382 e. The summed E-state index contributed by atoms with van der Waals surface area (Å²) in [6.45, 7) is 5.74. The first-order valence-corrected chi connectivity index (χ1v) is 5.38. The summed E-state index contributed by atoms with van der Waals surface area (Å²) in [5.41, 5.74) is 1.15. The van der Waals surface area contributed by atoms with Gasteiger partial charge in [0.25, 0.3) is 5.91 Å². The molecular weight excluding hydrogens is 206 g/mol. The molecule has 0 unspecified atom stereocenters. The van der Waals surface area contributed by atoms with Crippen molar-refractivity contribution in [3.05, 3.63) is 23.8 Å². The van der Waals surface area contributed by atoms with Crippen molar-refractivity contribution in [2.45, 2.75) is 20.3 Å². The molecule has 88 valence electrons. The number of aromatic nitrogens is 2. The minimum Gasteiger partial charge on any atom is -0.382 e. The van der Waals surface area contributed by atoms with Crippen molar-refractivity contribution >= 4 is 5.91 Å². The predicted molar refractivity (Wildman–Crippen MR) is 60.2 cm³/mol. The summed E-state index contributed by atoms with van der Waals surface area (Å²) >= 11 is 0. The van der Waals surface area contributed by atoms with Crippen molar-refractivity contribution in [3.63, 3.8) is 0 Å². The zero-order valence-electron chi connectivity index (χ0n) is 9.69. The summed E-state index contributed by atoms with van der Waals surface area (Å²) in [4.78, 5) is 19.5. The molecule has 5 nitrogen and oxygen atoms in total. The highest BCUT2D eigenvalue weighted by Gasteiger charge is 2.05. The van der Waals surface area contributed by atoms with Gasteiger partial charge in [0.15, 0.2) is 0 Å². The van der Waals surface area contributed by atoms with E-state index in [1.165, 1.54) is 6.20 Å². The highest BCUT2D eigenvalue weighted by atomic mass is 16.5. The number of hydrogen-bond acceptors (Lipinski definition) is 4. The summed E-state index contributed by atoms with van der Waals surface area (Å²) in [5.74, 6) is -0.191. The molecule has 5 heteroatoms. The van der Waals surface area contributed by atoms with E-state index in [4.69, 9.17) is 4.74 Å². The number of carbonyl (C=O) groups excluding carboxylic acids is 1. The van der Waals surface area contributed by atoms with Gasteiger partial charge in [-0.3, -0.25) is 9.78 Å². The molecule has 0 bridgehead atoms. The second-order valence-corrected chi connectivity index (χ2v) is 3.35. The lowest BCUT2D eigenvalue weighted by Gasteiger charge is -2.04. The van der Waals surface area contributed by atoms with Crippen LogP contribution in [0.3, 0.4) is 0 Å². The summed E-state index contributed by atoms with van der Waals surface area (Å²) in [5, 5.41) is 2.76. The minimum atomic E-state index is -0.191. The van der Waals surface area contributed by atoms with E-state index in [0.717, 1.165) is 12.1 Å². The number of rotatable bonds is 6. The van der Waals surface area contributed by atoms with Crippen LogP contribution in [0.25, 0.3) is 0 Å². The van der Waals surface area contributed by atoms with Gasteiger partial charge in [0.1, 0.15) is 5.69 Å². The first-order valence-electron chi connectivity index (χ1n) is 5.38. The first-order chi connectivity index (χ1) is 7.74. The molecule has 1 amide bonds. The van der Waals surface area contributed by atoms with E-state index in [1.54, 1.807) is 6.20 Å². The number of nitrogens with zero attached hydrogens (tertiary/aromatic N) is 2. The van der Waals surface area contributed by atoms with E-state index in [9.17, 15) is 4.79 Å². The molecule has 1 rings (SSSR count). The van der Waals surface area contributed by atoms with Gasteiger partial charge in [-0.2, -0.15) is 0 Å². The lowest BCUT2D eigenvalue weighted by molar-refractivity contribution is 0.0939. The second-order valence-electron chi connectivity index (χ2n) is 3.35. The molecule has 0 atom stereocenters. The Bertz CT molecular complexity index is 325. The molecule has 0 saturated heterocycles. The van der Waals surface area contributed by atoms with Gasteiger partial charge < -0.3 is 10.1 Å². The van der Waals surface area contributed by atoms with Crippen LogP contribution >= 0.6 is 0 Å². The van der Waals surface area contributed by atoms with Gasteiger partial charge in [0, 0.05) is 26.0 Å². The molecule has 0 aliphatic carbocycles. The Hall–Kier alpha value is -1.49. The molecule has 0 aliphatic rings. The number of hydrogen-bond donors (Lipinski definition) is 1. The number of amides is 1. The maximum Gasteiger partial charge on any atom is 0.271 e. The Morgan fingerprint density at radius 1 is 1.44 bits per heavy atom. The molecule has 1 aromatic heterocycles. The Morgan fingerprint density at radius 3 is 2.88 bits per heavy atom. The third-order valence-electron chi connectivity index (χ3n) is 1.97. The van der Waals surface area contributed by atoms with Gasteiger partial charge >= 0.3 is 0 Å². The fraction of sp³-hybridized carbons (Fsp3) is 0.545. The molecule has 0 aromatic carbocycles. The van der Waals surface area contributed by atoms with E-state index in [1.807, 2.05) is 13.8 Å². The van der Waals surface area contributed by atoms with Gasteiger partial charge in [-0.05, 0) is 20.3 Å². The smallest absolute Gasteiger partial charge is 0.271 e. The summed E-state index contributed by atoms with van der Waals surface area (Å²) in [7, 11) is 0. The van der Waals surface area contributed by atoms with Gasteiger partial charge in [-0.1, -0.05) is 0 Å². The topological polar surface area (TPSA) is 64.1 Å². The van der Waals surface area contributed by atoms with Crippen LogP contribution in [0.4, 0.5) is 0 Å². The Kier molecular flexibility index (Phi) is 5.42. The fourth-order valence-corrected chi connectivity index (χ4v) is 1.12. The van der Waals surface area contributed by atoms with Crippen molar-refractivity contribution in [2.75, 3.05) is 19.8 Å². The van der Waals surface area contributed by atoms with Gasteiger partial charge in [-0.15, -0.1) is 0 Å². The fourth-order valence-electron chi connectivity index (χ4n) is 1.12. The molecule has 0 spiro atoms.